The molecule has 1 unspecified atom stereocenters. The minimum Gasteiger partial charge on any atom is -0.310 e. The molecule has 0 amide bonds. The fourth-order valence-corrected chi connectivity index (χ4v) is 2.06. The fourth-order valence-electron chi connectivity index (χ4n) is 2.06. The van der Waals surface area contributed by atoms with Crippen molar-refractivity contribution >= 4 is 0 Å². The third kappa shape index (κ3) is 2.10. The highest BCUT2D eigenvalue weighted by Gasteiger charge is 2.18. The SMILES string of the molecule is C=C1CCNC(C2=CC=CCC2)C1. The first-order valence-corrected chi connectivity index (χ1v) is 5.12. The van der Waals surface area contributed by atoms with Crippen molar-refractivity contribution in [1.82, 2.24) is 5.32 Å². The van der Waals surface area contributed by atoms with Gasteiger partial charge in [0.05, 0.1) is 0 Å². The maximum Gasteiger partial charge on any atom is 0.0319 e. The van der Waals surface area contributed by atoms with Crippen LogP contribution in [0.4, 0.5) is 0 Å². The highest BCUT2D eigenvalue weighted by molar-refractivity contribution is 5.25. The van der Waals surface area contributed by atoms with Crippen LogP contribution >= 0.6 is 0 Å². The zero-order valence-corrected chi connectivity index (χ0v) is 8.05. The summed E-state index contributed by atoms with van der Waals surface area (Å²) >= 11 is 0. The lowest BCUT2D eigenvalue weighted by Crippen LogP contribution is -2.36. The Balaban J connectivity index is 2.02. The highest BCUT2D eigenvalue weighted by Crippen LogP contribution is 2.23. The van der Waals surface area contributed by atoms with Gasteiger partial charge < -0.3 is 5.32 Å². The Bertz CT molecular complexity index is 260. The molecule has 0 aromatic heterocycles. The Kier molecular flexibility index (Phi) is 2.65. The van der Waals surface area contributed by atoms with Gasteiger partial charge in [0.1, 0.15) is 0 Å². The van der Waals surface area contributed by atoms with Gasteiger partial charge in [0.2, 0.25) is 0 Å². The number of nitrogens with one attached hydrogen (secondary N) is 1. The molecular weight excluding hydrogens is 158 g/mol. The molecule has 1 heterocycles. The molecule has 0 bridgehead atoms. The summed E-state index contributed by atoms with van der Waals surface area (Å²) in [5.74, 6) is 0. The summed E-state index contributed by atoms with van der Waals surface area (Å²) in [5.41, 5.74) is 2.96. The van der Waals surface area contributed by atoms with Crippen LogP contribution in [-0.4, -0.2) is 12.6 Å². The van der Waals surface area contributed by atoms with Crippen LogP contribution in [0, 0.1) is 0 Å². The van der Waals surface area contributed by atoms with Crippen LogP contribution in [0.3, 0.4) is 0 Å². The molecule has 2 rings (SSSR count). The van der Waals surface area contributed by atoms with Gasteiger partial charge in [-0.3, -0.25) is 0 Å². The lowest BCUT2D eigenvalue weighted by molar-refractivity contribution is 0.500. The van der Waals surface area contributed by atoms with Gasteiger partial charge in [0.25, 0.3) is 0 Å². The topological polar surface area (TPSA) is 12.0 Å². The smallest absolute Gasteiger partial charge is 0.0319 e. The van der Waals surface area contributed by atoms with E-state index in [9.17, 15) is 0 Å². The van der Waals surface area contributed by atoms with Gasteiger partial charge >= 0.3 is 0 Å². The Morgan fingerprint density at radius 1 is 1.38 bits per heavy atom. The summed E-state index contributed by atoms with van der Waals surface area (Å²) in [6.07, 6.45) is 11.4. The van der Waals surface area contributed by atoms with Gasteiger partial charge in [0, 0.05) is 6.04 Å². The molecule has 1 atom stereocenters. The monoisotopic (exact) mass is 175 g/mol. The third-order valence-corrected chi connectivity index (χ3v) is 2.86. The Morgan fingerprint density at radius 2 is 2.31 bits per heavy atom. The molecule has 0 aromatic rings. The van der Waals surface area contributed by atoms with Crippen LogP contribution in [-0.2, 0) is 0 Å². The van der Waals surface area contributed by atoms with E-state index in [1.807, 2.05) is 0 Å². The van der Waals surface area contributed by atoms with Crippen LogP contribution < -0.4 is 5.32 Å². The van der Waals surface area contributed by atoms with E-state index in [0.717, 1.165) is 19.4 Å². The van der Waals surface area contributed by atoms with Crippen LogP contribution in [0.25, 0.3) is 0 Å². The van der Waals surface area contributed by atoms with E-state index >= 15 is 0 Å². The van der Waals surface area contributed by atoms with Gasteiger partial charge in [-0.2, -0.15) is 0 Å². The molecule has 1 heteroatoms. The molecule has 1 aliphatic carbocycles. The molecule has 0 saturated carbocycles. The van der Waals surface area contributed by atoms with Crippen molar-refractivity contribution < 1.29 is 0 Å². The summed E-state index contributed by atoms with van der Waals surface area (Å²) in [5, 5.41) is 3.56. The van der Waals surface area contributed by atoms with E-state index in [-0.39, 0.29) is 0 Å². The summed E-state index contributed by atoms with van der Waals surface area (Å²) in [4.78, 5) is 0. The number of piperidine rings is 1. The first-order chi connectivity index (χ1) is 6.36. The van der Waals surface area contributed by atoms with Crippen molar-refractivity contribution in [2.45, 2.75) is 31.7 Å². The van der Waals surface area contributed by atoms with Crippen LogP contribution in [0.2, 0.25) is 0 Å². The second-order valence-electron chi connectivity index (χ2n) is 3.92. The molecule has 0 radical (unpaired) electrons. The molecule has 13 heavy (non-hydrogen) atoms. The predicted octanol–water partition coefficient (Wildman–Crippen LogP) is 2.57. The quantitative estimate of drug-likeness (QED) is 0.604. The van der Waals surface area contributed by atoms with E-state index in [4.69, 9.17) is 0 Å². The largest absolute Gasteiger partial charge is 0.310 e. The Morgan fingerprint density at radius 3 is 3.00 bits per heavy atom. The summed E-state index contributed by atoms with van der Waals surface area (Å²) < 4.78 is 0. The zero-order chi connectivity index (χ0) is 9.10. The minimum atomic E-state index is 0.575. The number of hydrogen-bond acceptors (Lipinski definition) is 1. The number of allylic oxidation sites excluding steroid dienone is 3. The van der Waals surface area contributed by atoms with Gasteiger partial charge in [-0.05, 0) is 32.2 Å². The lowest BCUT2D eigenvalue weighted by atomic mass is 9.90. The van der Waals surface area contributed by atoms with Gasteiger partial charge in [-0.1, -0.05) is 36.0 Å². The van der Waals surface area contributed by atoms with Crippen LogP contribution in [0.5, 0.6) is 0 Å². The standard InChI is InChI=1S/C12H17N/c1-10-7-8-13-12(9-10)11-5-3-2-4-6-11/h2-3,5,12-13H,1,4,6-9H2. The zero-order valence-electron chi connectivity index (χ0n) is 8.05. The predicted molar refractivity (Wildman–Crippen MR) is 56.6 cm³/mol. The molecule has 1 nitrogen and oxygen atoms in total. The van der Waals surface area contributed by atoms with Crippen LogP contribution in [0.1, 0.15) is 25.7 Å². The van der Waals surface area contributed by atoms with E-state index in [1.54, 1.807) is 5.57 Å². The molecule has 70 valence electrons. The van der Waals surface area contributed by atoms with E-state index in [0.29, 0.717) is 6.04 Å². The van der Waals surface area contributed by atoms with Gasteiger partial charge in [-0.15, -0.1) is 0 Å². The average Bonchev–Trinajstić information content (AvgIpc) is 2.19. The maximum atomic E-state index is 4.07. The lowest BCUT2D eigenvalue weighted by Gasteiger charge is -2.28. The molecule has 1 saturated heterocycles. The molecule has 0 aromatic carbocycles. The van der Waals surface area contributed by atoms with Crippen molar-refractivity contribution in [1.29, 1.82) is 0 Å². The summed E-state index contributed by atoms with van der Waals surface area (Å²) in [6.45, 7) is 5.18. The van der Waals surface area contributed by atoms with Crippen molar-refractivity contribution in [2.24, 2.45) is 0 Å². The van der Waals surface area contributed by atoms with Crippen molar-refractivity contribution in [3.8, 4) is 0 Å². The van der Waals surface area contributed by atoms with Gasteiger partial charge in [0.15, 0.2) is 0 Å². The summed E-state index contributed by atoms with van der Waals surface area (Å²) in [6, 6.07) is 0.575. The van der Waals surface area contributed by atoms with Gasteiger partial charge in [-0.25, -0.2) is 0 Å². The third-order valence-electron chi connectivity index (χ3n) is 2.86. The number of hydrogen-bond donors (Lipinski definition) is 1. The fraction of sp³-hybridized carbons (Fsp3) is 0.500. The molecule has 0 spiro atoms. The summed E-state index contributed by atoms with van der Waals surface area (Å²) in [7, 11) is 0. The minimum absolute atomic E-state index is 0.575. The highest BCUT2D eigenvalue weighted by atomic mass is 14.9. The number of rotatable bonds is 1. The first-order valence-electron chi connectivity index (χ1n) is 5.12. The molecule has 1 N–H and O–H groups in total. The molecule has 1 aliphatic heterocycles. The molecule has 1 fully saturated rings. The second-order valence-corrected chi connectivity index (χ2v) is 3.92. The van der Waals surface area contributed by atoms with Crippen molar-refractivity contribution in [3.05, 3.63) is 36.0 Å². The normalized spacial score (nSPS) is 28.8. The maximum absolute atomic E-state index is 4.07. The van der Waals surface area contributed by atoms with E-state index in [2.05, 4.69) is 30.1 Å². The average molecular weight is 175 g/mol. The molecule has 2 aliphatic rings. The van der Waals surface area contributed by atoms with Crippen LogP contribution in [0.15, 0.2) is 36.0 Å². The second kappa shape index (κ2) is 3.93. The Labute approximate surface area is 80.2 Å². The molecular formula is C12H17N. The van der Waals surface area contributed by atoms with E-state index in [1.165, 1.54) is 18.4 Å². The first kappa shape index (κ1) is 8.76. The Hall–Kier alpha value is -0.820. The van der Waals surface area contributed by atoms with E-state index < -0.39 is 0 Å². The van der Waals surface area contributed by atoms with Crippen molar-refractivity contribution in [3.63, 3.8) is 0 Å². The van der Waals surface area contributed by atoms with Crippen molar-refractivity contribution in [2.75, 3.05) is 6.54 Å².